The topological polar surface area (TPSA) is 70.8 Å². The van der Waals surface area contributed by atoms with Gasteiger partial charge in [-0.2, -0.15) is 0 Å². The van der Waals surface area contributed by atoms with Crippen LogP contribution < -0.4 is 15.2 Å². The molecule has 0 amide bonds. The lowest BCUT2D eigenvalue weighted by Crippen LogP contribution is -2.23. The Kier molecular flexibility index (Phi) is 4.79. The van der Waals surface area contributed by atoms with E-state index in [4.69, 9.17) is 19.9 Å². The number of esters is 1. The highest BCUT2D eigenvalue weighted by Crippen LogP contribution is 2.54. The molecule has 5 heteroatoms. The van der Waals surface area contributed by atoms with Crippen LogP contribution in [0.1, 0.15) is 53.8 Å². The number of carbonyl (C=O) groups excluding carboxylic acids is 1. The summed E-state index contributed by atoms with van der Waals surface area (Å²) < 4.78 is 16.6. The maximum absolute atomic E-state index is 11.5. The molecule has 0 saturated heterocycles. The van der Waals surface area contributed by atoms with E-state index in [2.05, 4.69) is 24.3 Å². The first-order valence-electron chi connectivity index (χ1n) is 9.36. The molecule has 5 nitrogen and oxygen atoms in total. The van der Waals surface area contributed by atoms with Gasteiger partial charge in [-0.1, -0.05) is 30.3 Å². The van der Waals surface area contributed by atoms with E-state index in [1.165, 1.54) is 18.2 Å². The number of hydrogen-bond acceptors (Lipinski definition) is 5. The quantitative estimate of drug-likeness (QED) is 0.789. The van der Waals surface area contributed by atoms with Crippen molar-refractivity contribution >= 4 is 5.97 Å². The Morgan fingerprint density at radius 3 is 2.63 bits per heavy atom. The first-order chi connectivity index (χ1) is 13.1. The smallest absolute Gasteiger partial charge is 0.307 e. The molecule has 2 bridgehead atoms. The molecule has 27 heavy (non-hydrogen) atoms. The van der Waals surface area contributed by atoms with Gasteiger partial charge in [0.1, 0.15) is 6.10 Å². The van der Waals surface area contributed by atoms with Gasteiger partial charge >= 0.3 is 5.97 Å². The molecule has 2 aliphatic rings. The molecule has 4 rings (SSSR count). The van der Waals surface area contributed by atoms with Crippen LogP contribution in [-0.2, 0) is 9.53 Å². The molecule has 2 aliphatic carbocycles. The third-order valence-corrected chi connectivity index (χ3v) is 5.85. The van der Waals surface area contributed by atoms with Gasteiger partial charge in [-0.05, 0) is 47.6 Å². The molecule has 0 radical (unpaired) electrons. The second kappa shape index (κ2) is 7.24. The average Bonchev–Trinajstić information content (AvgIpc) is 3.27. The van der Waals surface area contributed by atoms with Gasteiger partial charge in [0.05, 0.1) is 20.6 Å². The van der Waals surface area contributed by atoms with Gasteiger partial charge in [-0.3, -0.25) is 4.79 Å². The predicted octanol–water partition coefficient (Wildman–Crippen LogP) is 3.68. The van der Waals surface area contributed by atoms with E-state index in [0.29, 0.717) is 23.3 Å². The number of fused-ring (bicyclic) bond motifs is 5. The molecule has 1 saturated carbocycles. The fraction of sp³-hybridized carbons (Fsp3) is 0.409. The fourth-order valence-electron chi connectivity index (χ4n) is 4.49. The second-order valence-electron chi connectivity index (χ2n) is 7.36. The van der Waals surface area contributed by atoms with Crippen molar-refractivity contribution < 1.29 is 19.0 Å². The average molecular weight is 367 g/mol. The van der Waals surface area contributed by atoms with Crippen LogP contribution in [0.15, 0.2) is 42.5 Å². The molecule has 0 aliphatic heterocycles. The number of methoxy groups -OCH3 is 2. The highest BCUT2D eigenvalue weighted by Gasteiger charge is 2.45. The number of ether oxygens (including phenoxy) is 3. The van der Waals surface area contributed by atoms with Gasteiger partial charge in [0.15, 0.2) is 11.5 Å². The van der Waals surface area contributed by atoms with Gasteiger partial charge in [-0.25, -0.2) is 0 Å². The summed E-state index contributed by atoms with van der Waals surface area (Å²) in [5.74, 6) is 2.03. The van der Waals surface area contributed by atoms with Crippen molar-refractivity contribution in [3.05, 3.63) is 59.2 Å². The fourth-order valence-corrected chi connectivity index (χ4v) is 4.49. The molecule has 2 N–H and O–H groups in total. The molecule has 0 spiro atoms. The Morgan fingerprint density at radius 1 is 1.11 bits per heavy atom. The molecule has 4 atom stereocenters. The minimum absolute atomic E-state index is 0.129. The number of hydrogen-bond donors (Lipinski definition) is 1. The zero-order valence-electron chi connectivity index (χ0n) is 15.7. The molecular weight excluding hydrogens is 342 g/mol. The first-order valence-corrected chi connectivity index (χ1v) is 9.36. The van der Waals surface area contributed by atoms with Crippen LogP contribution in [0.25, 0.3) is 0 Å². The van der Waals surface area contributed by atoms with E-state index in [0.717, 1.165) is 18.4 Å². The zero-order valence-corrected chi connectivity index (χ0v) is 15.7. The summed E-state index contributed by atoms with van der Waals surface area (Å²) in [6, 6.07) is 13.8. The van der Waals surface area contributed by atoms with Crippen LogP contribution in [0.3, 0.4) is 0 Å². The number of rotatable bonds is 6. The Balaban J connectivity index is 1.55. The van der Waals surface area contributed by atoms with E-state index in [1.807, 2.05) is 18.2 Å². The van der Waals surface area contributed by atoms with E-state index in [1.54, 1.807) is 7.11 Å². The van der Waals surface area contributed by atoms with E-state index in [-0.39, 0.29) is 18.5 Å². The van der Waals surface area contributed by atoms with Crippen LogP contribution in [-0.4, -0.2) is 26.3 Å². The van der Waals surface area contributed by atoms with Crippen molar-refractivity contribution in [1.29, 1.82) is 0 Å². The van der Waals surface area contributed by atoms with Gasteiger partial charge in [-0.15, -0.1) is 0 Å². The van der Waals surface area contributed by atoms with Crippen LogP contribution >= 0.6 is 0 Å². The summed E-state index contributed by atoms with van der Waals surface area (Å²) in [4.78, 5) is 11.5. The molecule has 0 heterocycles. The van der Waals surface area contributed by atoms with Crippen LogP contribution in [0, 0.1) is 0 Å². The van der Waals surface area contributed by atoms with Gasteiger partial charge in [0.2, 0.25) is 0 Å². The summed E-state index contributed by atoms with van der Waals surface area (Å²) in [6.45, 7) is 0. The lowest BCUT2D eigenvalue weighted by Gasteiger charge is -2.26. The van der Waals surface area contributed by atoms with Gasteiger partial charge in [0, 0.05) is 12.0 Å². The standard InChI is InChI=1S/C22H25NO4/c1-25-19-8-7-13(18(23)12-22(24)26-2)10-21(19)27-20-11-14-9-17(20)16-6-4-3-5-15(14)16/h3-8,10,14,17-18,20H,9,11-12,23H2,1-2H3. The summed E-state index contributed by atoms with van der Waals surface area (Å²) in [6.07, 6.45) is 2.42. The molecule has 1 fully saturated rings. The maximum atomic E-state index is 11.5. The SMILES string of the molecule is COC(=O)CC(N)c1ccc(OC)c(OC2CC3CC2c2ccccc23)c1. The Bertz CT molecular complexity index is 850. The van der Waals surface area contributed by atoms with Crippen LogP contribution in [0.4, 0.5) is 0 Å². The highest BCUT2D eigenvalue weighted by atomic mass is 16.5. The summed E-state index contributed by atoms with van der Waals surface area (Å²) in [7, 11) is 3.00. The number of nitrogens with two attached hydrogens (primary N) is 1. The molecule has 0 aromatic heterocycles. The largest absolute Gasteiger partial charge is 0.493 e. The van der Waals surface area contributed by atoms with Gasteiger partial charge < -0.3 is 19.9 Å². The van der Waals surface area contributed by atoms with Crippen molar-refractivity contribution in [2.75, 3.05) is 14.2 Å². The minimum Gasteiger partial charge on any atom is -0.493 e. The van der Waals surface area contributed by atoms with E-state index < -0.39 is 6.04 Å². The lowest BCUT2D eigenvalue weighted by molar-refractivity contribution is -0.141. The zero-order chi connectivity index (χ0) is 19.0. The monoisotopic (exact) mass is 367 g/mol. The Hall–Kier alpha value is -2.53. The first kappa shape index (κ1) is 17.9. The Morgan fingerprint density at radius 2 is 1.89 bits per heavy atom. The summed E-state index contributed by atoms with van der Waals surface area (Å²) >= 11 is 0. The third kappa shape index (κ3) is 3.28. The molecule has 2 aromatic rings. The van der Waals surface area contributed by atoms with E-state index in [9.17, 15) is 4.79 Å². The molecule has 4 unspecified atom stereocenters. The minimum atomic E-state index is -0.438. The van der Waals surface area contributed by atoms with Crippen LogP contribution in [0.2, 0.25) is 0 Å². The highest BCUT2D eigenvalue weighted by molar-refractivity contribution is 5.70. The third-order valence-electron chi connectivity index (χ3n) is 5.85. The van der Waals surface area contributed by atoms with Crippen molar-refractivity contribution in [2.45, 2.75) is 43.2 Å². The Labute approximate surface area is 159 Å². The number of carbonyl (C=O) groups is 1. The molecule has 142 valence electrons. The van der Waals surface area contributed by atoms with Crippen LogP contribution in [0.5, 0.6) is 11.5 Å². The van der Waals surface area contributed by atoms with Crippen molar-refractivity contribution in [2.24, 2.45) is 5.73 Å². The van der Waals surface area contributed by atoms with Crippen molar-refractivity contribution in [1.82, 2.24) is 0 Å². The lowest BCUT2D eigenvalue weighted by atomic mass is 9.90. The van der Waals surface area contributed by atoms with E-state index >= 15 is 0 Å². The molecular formula is C22H25NO4. The predicted molar refractivity (Wildman–Crippen MR) is 102 cm³/mol. The van der Waals surface area contributed by atoms with Crippen molar-refractivity contribution in [3.8, 4) is 11.5 Å². The van der Waals surface area contributed by atoms with Gasteiger partial charge in [0.25, 0.3) is 0 Å². The normalized spacial score (nSPS) is 23.6. The molecule has 2 aromatic carbocycles. The maximum Gasteiger partial charge on any atom is 0.307 e. The second-order valence-corrected chi connectivity index (χ2v) is 7.36. The number of benzene rings is 2. The van der Waals surface area contributed by atoms with Crippen molar-refractivity contribution in [3.63, 3.8) is 0 Å². The summed E-state index contributed by atoms with van der Waals surface area (Å²) in [5, 5.41) is 0. The summed E-state index contributed by atoms with van der Waals surface area (Å²) in [5.41, 5.74) is 9.89.